The molecule has 6 heteroatoms. The van der Waals surface area contributed by atoms with Gasteiger partial charge in [-0.25, -0.2) is 4.79 Å². The van der Waals surface area contributed by atoms with Gasteiger partial charge in [-0.1, -0.05) is 26.8 Å². The van der Waals surface area contributed by atoms with Crippen molar-refractivity contribution >= 4 is 35.0 Å². The standard InChI is InChI=1S/C16H23NO3S2/c1-4-7-20-16(19)12-10-22-14(9-11(2)3)17(12)15(18)13-6-5-8-21-13/h5-6,8,11-12,14H,4,7,9-10H2,1-3H3. The van der Waals surface area contributed by atoms with E-state index in [4.69, 9.17) is 4.74 Å². The first kappa shape index (κ1) is 17.3. The molecule has 1 aromatic rings. The van der Waals surface area contributed by atoms with Crippen LogP contribution in [-0.4, -0.2) is 40.6 Å². The zero-order valence-corrected chi connectivity index (χ0v) is 14.9. The fourth-order valence-corrected chi connectivity index (χ4v) is 4.72. The highest BCUT2D eigenvalue weighted by molar-refractivity contribution is 8.00. The van der Waals surface area contributed by atoms with Gasteiger partial charge in [-0.3, -0.25) is 4.79 Å². The van der Waals surface area contributed by atoms with Crippen LogP contribution in [0, 0.1) is 5.92 Å². The molecule has 1 fully saturated rings. The summed E-state index contributed by atoms with van der Waals surface area (Å²) in [6.45, 7) is 6.65. The van der Waals surface area contributed by atoms with E-state index in [9.17, 15) is 9.59 Å². The lowest BCUT2D eigenvalue weighted by Crippen LogP contribution is -2.46. The number of hydrogen-bond acceptors (Lipinski definition) is 5. The fourth-order valence-electron chi connectivity index (χ4n) is 2.43. The maximum atomic E-state index is 12.8. The molecule has 4 nitrogen and oxygen atoms in total. The zero-order chi connectivity index (χ0) is 16.1. The predicted molar refractivity (Wildman–Crippen MR) is 91.2 cm³/mol. The molecule has 122 valence electrons. The van der Waals surface area contributed by atoms with E-state index in [0.717, 1.165) is 12.8 Å². The van der Waals surface area contributed by atoms with Gasteiger partial charge in [0.2, 0.25) is 0 Å². The number of amides is 1. The molecule has 2 atom stereocenters. The first-order valence-electron chi connectivity index (χ1n) is 7.69. The maximum Gasteiger partial charge on any atom is 0.329 e. The number of esters is 1. The molecule has 2 heterocycles. The first-order valence-corrected chi connectivity index (χ1v) is 9.61. The number of thioether (sulfide) groups is 1. The molecule has 22 heavy (non-hydrogen) atoms. The fraction of sp³-hybridized carbons (Fsp3) is 0.625. The van der Waals surface area contributed by atoms with Crippen molar-refractivity contribution in [2.45, 2.75) is 45.0 Å². The van der Waals surface area contributed by atoms with Gasteiger partial charge in [0, 0.05) is 5.75 Å². The second kappa shape index (κ2) is 8.02. The smallest absolute Gasteiger partial charge is 0.329 e. The minimum atomic E-state index is -0.463. The maximum absolute atomic E-state index is 12.8. The normalized spacial score (nSPS) is 21.4. The van der Waals surface area contributed by atoms with Crippen LogP contribution in [0.3, 0.4) is 0 Å². The van der Waals surface area contributed by atoms with Crippen molar-refractivity contribution in [1.82, 2.24) is 4.90 Å². The van der Waals surface area contributed by atoms with Crippen LogP contribution in [0.4, 0.5) is 0 Å². The Bertz CT molecular complexity index is 501. The zero-order valence-electron chi connectivity index (χ0n) is 13.3. The van der Waals surface area contributed by atoms with Crippen LogP contribution in [0.2, 0.25) is 0 Å². The van der Waals surface area contributed by atoms with Crippen LogP contribution in [-0.2, 0) is 9.53 Å². The van der Waals surface area contributed by atoms with E-state index in [-0.39, 0.29) is 17.3 Å². The SMILES string of the molecule is CCCOC(=O)C1CSC(CC(C)C)N1C(=O)c1cccs1. The third-order valence-corrected chi connectivity index (χ3v) is 5.62. The molecule has 0 saturated carbocycles. The minimum Gasteiger partial charge on any atom is -0.464 e. The Morgan fingerprint density at radius 1 is 1.45 bits per heavy atom. The minimum absolute atomic E-state index is 0.0498. The number of nitrogens with zero attached hydrogens (tertiary/aromatic N) is 1. The summed E-state index contributed by atoms with van der Waals surface area (Å²) in [5.41, 5.74) is 0. The summed E-state index contributed by atoms with van der Waals surface area (Å²) < 4.78 is 5.28. The molecule has 2 unspecified atom stereocenters. The van der Waals surface area contributed by atoms with Gasteiger partial charge in [-0.15, -0.1) is 23.1 Å². The molecule has 1 aromatic heterocycles. The van der Waals surface area contributed by atoms with E-state index in [1.165, 1.54) is 11.3 Å². The molecule has 0 N–H and O–H groups in total. The van der Waals surface area contributed by atoms with E-state index in [2.05, 4.69) is 13.8 Å². The van der Waals surface area contributed by atoms with Gasteiger partial charge in [0.25, 0.3) is 5.91 Å². The molecule has 2 rings (SSSR count). The number of carbonyl (C=O) groups excluding carboxylic acids is 2. The van der Waals surface area contributed by atoms with Gasteiger partial charge in [-0.05, 0) is 30.2 Å². The highest BCUT2D eigenvalue weighted by Crippen LogP contribution is 2.35. The first-order chi connectivity index (χ1) is 10.5. The topological polar surface area (TPSA) is 46.6 Å². The number of ether oxygens (including phenoxy) is 1. The van der Waals surface area contributed by atoms with Crippen molar-refractivity contribution in [2.75, 3.05) is 12.4 Å². The monoisotopic (exact) mass is 341 g/mol. The van der Waals surface area contributed by atoms with E-state index in [1.54, 1.807) is 16.7 Å². The van der Waals surface area contributed by atoms with Crippen LogP contribution in [0.25, 0.3) is 0 Å². The highest BCUT2D eigenvalue weighted by Gasteiger charge is 2.43. The summed E-state index contributed by atoms with van der Waals surface area (Å²) in [6.07, 6.45) is 1.68. The summed E-state index contributed by atoms with van der Waals surface area (Å²) in [5.74, 6) is 0.771. The number of rotatable bonds is 6. The molecule has 0 spiro atoms. The second-order valence-corrected chi connectivity index (χ2v) is 7.95. The van der Waals surface area contributed by atoms with Crippen molar-refractivity contribution in [3.05, 3.63) is 22.4 Å². The number of carbonyl (C=O) groups is 2. The van der Waals surface area contributed by atoms with Gasteiger partial charge in [0.15, 0.2) is 0 Å². The predicted octanol–water partition coefficient (Wildman–Crippen LogP) is 3.63. The third-order valence-electron chi connectivity index (χ3n) is 3.45. The Kier molecular flexibility index (Phi) is 6.32. The molecule has 0 bridgehead atoms. The highest BCUT2D eigenvalue weighted by atomic mass is 32.2. The summed E-state index contributed by atoms with van der Waals surface area (Å²) in [6, 6.07) is 3.22. The Balaban J connectivity index is 2.18. The van der Waals surface area contributed by atoms with Crippen LogP contribution >= 0.6 is 23.1 Å². The van der Waals surface area contributed by atoms with Gasteiger partial charge >= 0.3 is 5.97 Å². The average molecular weight is 341 g/mol. The summed E-state index contributed by atoms with van der Waals surface area (Å²) in [5, 5.41) is 1.94. The molecule has 1 amide bonds. The van der Waals surface area contributed by atoms with E-state index in [0.29, 0.717) is 23.2 Å². The van der Waals surface area contributed by atoms with Crippen molar-refractivity contribution in [3.8, 4) is 0 Å². The third kappa shape index (κ3) is 4.04. The molecule has 0 radical (unpaired) electrons. The van der Waals surface area contributed by atoms with Gasteiger partial charge in [-0.2, -0.15) is 0 Å². The molecule has 1 aliphatic rings. The molecule has 0 aromatic carbocycles. The van der Waals surface area contributed by atoms with Crippen molar-refractivity contribution in [2.24, 2.45) is 5.92 Å². The molecule has 1 saturated heterocycles. The Labute approximate surface area is 140 Å². The summed E-state index contributed by atoms with van der Waals surface area (Å²) in [4.78, 5) is 27.5. The van der Waals surface area contributed by atoms with Crippen molar-refractivity contribution in [3.63, 3.8) is 0 Å². The Hall–Kier alpha value is -1.01. The molecular formula is C16H23NO3S2. The van der Waals surface area contributed by atoms with E-state index < -0.39 is 6.04 Å². The number of thiophene rings is 1. The van der Waals surface area contributed by atoms with Gasteiger partial charge < -0.3 is 9.64 Å². The second-order valence-electron chi connectivity index (χ2n) is 5.79. The van der Waals surface area contributed by atoms with Crippen LogP contribution in [0.5, 0.6) is 0 Å². The lowest BCUT2D eigenvalue weighted by Gasteiger charge is -2.28. The van der Waals surface area contributed by atoms with Crippen LogP contribution < -0.4 is 0 Å². The lowest BCUT2D eigenvalue weighted by atomic mass is 10.1. The Morgan fingerprint density at radius 3 is 2.82 bits per heavy atom. The number of hydrogen-bond donors (Lipinski definition) is 0. The van der Waals surface area contributed by atoms with Gasteiger partial charge in [0.1, 0.15) is 6.04 Å². The van der Waals surface area contributed by atoms with Gasteiger partial charge in [0.05, 0.1) is 16.9 Å². The van der Waals surface area contributed by atoms with Crippen LogP contribution in [0.1, 0.15) is 43.3 Å². The molecule has 0 aliphatic carbocycles. The quantitative estimate of drug-likeness (QED) is 0.741. The van der Waals surface area contributed by atoms with Crippen molar-refractivity contribution in [1.29, 1.82) is 0 Å². The average Bonchev–Trinajstić information content (AvgIpc) is 3.12. The Morgan fingerprint density at radius 2 is 2.23 bits per heavy atom. The summed E-state index contributed by atoms with van der Waals surface area (Å²) in [7, 11) is 0. The lowest BCUT2D eigenvalue weighted by molar-refractivity contribution is -0.148. The van der Waals surface area contributed by atoms with E-state index >= 15 is 0 Å². The van der Waals surface area contributed by atoms with E-state index in [1.807, 2.05) is 24.4 Å². The molecule has 1 aliphatic heterocycles. The van der Waals surface area contributed by atoms with Crippen molar-refractivity contribution < 1.29 is 14.3 Å². The molecular weight excluding hydrogens is 318 g/mol. The largest absolute Gasteiger partial charge is 0.464 e. The van der Waals surface area contributed by atoms with Crippen LogP contribution in [0.15, 0.2) is 17.5 Å². The summed E-state index contributed by atoms with van der Waals surface area (Å²) >= 11 is 3.10.